The summed E-state index contributed by atoms with van der Waals surface area (Å²) in [6, 6.07) is 20.3. The lowest BCUT2D eigenvalue weighted by atomic mass is 9.98. The molecule has 0 saturated heterocycles. The number of nitrogens with zero attached hydrogens (tertiary/aromatic N) is 3. The Morgan fingerprint density at radius 1 is 0.912 bits per heavy atom. The van der Waals surface area contributed by atoms with Crippen LogP contribution in [-0.2, 0) is 16.0 Å². The SMILES string of the molecule is COc1ccc(N2C(=O)C(c3ccc([N+](=O)[O-])cc3)=C(N3CCCc4ccccc43)C2=O)cc1. The largest absolute Gasteiger partial charge is 0.497 e. The van der Waals surface area contributed by atoms with Gasteiger partial charge < -0.3 is 9.64 Å². The van der Waals surface area contributed by atoms with Gasteiger partial charge in [-0.05, 0) is 66.4 Å². The number of non-ortho nitro benzene ring substituents is 1. The number of ether oxygens (including phenoxy) is 1. The number of anilines is 2. The zero-order chi connectivity index (χ0) is 23.8. The number of nitro groups is 1. The van der Waals surface area contributed by atoms with Gasteiger partial charge in [0.25, 0.3) is 17.5 Å². The lowest BCUT2D eigenvalue weighted by Gasteiger charge is -2.32. The van der Waals surface area contributed by atoms with Crippen LogP contribution in [0.1, 0.15) is 17.5 Å². The Balaban J connectivity index is 1.66. The Morgan fingerprint density at radius 3 is 2.29 bits per heavy atom. The average Bonchev–Trinajstić information content (AvgIpc) is 3.13. The number of nitro benzene ring substituents is 1. The smallest absolute Gasteiger partial charge is 0.282 e. The van der Waals surface area contributed by atoms with Crippen molar-refractivity contribution in [1.29, 1.82) is 0 Å². The first-order valence-electron chi connectivity index (χ1n) is 10.9. The van der Waals surface area contributed by atoms with Crippen molar-refractivity contribution in [3.63, 3.8) is 0 Å². The highest BCUT2D eigenvalue weighted by Gasteiger charge is 2.43. The van der Waals surface area contributed by atoms with Gasteiger partial charge in [0.15, 0.2) is 0 Å². The molecule has 2 aliphatic heterocycles. The lowest BCUT2D eigenvalue weighted by Crippen LogP contribution is -2.37. The van der Waals surface area contributed by atoms with E-state index in [1.54, 1.807) is 31.4 Å². The Hall–Kier alpha value is -4.46. The third-order valence-electron chi connectivity index (χ3n) is 6.14. The van der Waals surface area contributed by atoms with Crippen LogP contribution in [0, 0.1) is 10.1 Å². The molecular formula is C26H21N3O5. The molecule has 0 spiro atoms. The van der Waals surface area contributed by atoms with Gasteiger partial charge in [-0.1, -0.05) is 18.2 Å². The van der Waals surface area contributed by atoms with E-state index in [1.165, 1.54) is 24.3 Å². The van der Waals surface area contributed by atoms with E-state index in [2.05, 4.69) is 0 Å². The standard InChI is InChI=1S/C26H21N3O5/c1-34-21-14-12-19(13-15-21)28-25(30)23(18-8-10-20(11-9-18)29(32)33)24(26(28)31)27-16-4-6-17-5-2-3-7-22(17)27/h2-3,5,7-15H,4,6,16H2,1H3. The highest BCUT2D eigenvalue weighted by Crippen LogP contribution is 2.40. The first-order chi connectivity index (χ1) is 16.5. The van der Waals surface area contributed by atoms with E-state index in [4.69, 9.17) is 4.74 Å². The van der Waals surface area contributed by atoms with E-state index < -0.39 is 16.7 Å². The molecule has 34 heavy (non-hydrogen) atoms. The van der Waals surface area contributed by atoms with Crippen molar-refractivity contribution < 1.29 is 19.2 Å². The number of carbonyl (C=O) groups excluding carboxylic acids is 2. The van der Waals surface area contributed by atoms with E-state index in [1.807, 2.05) is 29.2 Å². The van der Waals surface area contributed by atoms with E-state index in [0.29, 0.717) is 23.5 Å². The molecule has 170 valence electrons. The van der Waals surface area contributed by atoms with Gasteiger partial charge in [0.05, 0.1) is 23.3 Å². The molecule has 8 nitrogen and oxygen atoms in total. The van der Waals surface area contributed by atoms with Crippen LogP contribution in [0.3, 0.4) is 0 Å². The molecule has 3 aromatic rings. The van der Waals surface area contributed by atoms with Gasteiger partial charge in [-0.3, -0.25) is 19.7 Å². The van der Waals surface area contributed by atoms with Crippen LogP contribution < -0.4 is 14.5 Å². The van der Waals surface area contributed by atoms with Crippen LogP contribution in [0.4, 0.5) is 17.1 Å². The van der Waals surface area contributed by atoms with Gasteiger partial charge in [0.2, 0.25) is 0 Å². The van der Waals surface area contributed by atoms with Crippen molar-refractivity contribution in [2.75, 3.05) is 23.5 Å². The summed E-state index contributed by atoms with van der Waals surface area (Å²) in [4.78, 5) is 41.2. The fraction of sp³-hybridized carbons (Fsp3) is 0.154. The molecule has 2 amide bonds. The van der Waals surface area contributed by atoms with Gasteiger partial charge in [0, 0.05) is 24.4 Å². The molecule has 0 fully saturated rings. The average molecular weight is 455 g/mol. The maximum Gasteiger partial charge on any atom is 0.282 e. The summed E-state index contributed by atoms with van der Waals surface area (Å²) >= 11 is 0. The van der Waals surface area contributed by atoms with E-state index in [0.717, 1.165) is 29.0 Å². The normalized spacial score (nSPS) is 15.6. The number of benzene rings is 3. The lowest BCUT2D eigenvalue weighted by molar-refractivity contribution is -0.384. The Morgan fingerprint density at radius 2 is 1.62 bits per heavy atom. The van der Waals surface area contributed by atoms with E-state index >= 15 is 0 Å². The molecule has 0 bridgehead atoms. The number of carbonyl (C=O) groups is 2. The number of hydrogen-bond donors (Lipinski definition) is 0. The van der Waals surface area contributed by atoms with Gasteiger partial charge in [-0.15, -0.1) is 0 Å². The fourth-order valence-electron chi connectivity index (χ4n) is 4.51. The zero-order valence-corrected chi connectivity index (χ0v) is 18.4. The topological polar surface area (TPSA) is 93.0 Å². The number of para-hydroxylation sites is 1. The van der Waals surface area contributed by atoms with Gasteiger partial charge in [-0.2, -0.15) is 0 Å². The summed E-state index contributed by atoms with van der Waals surface area (Å²) < 4.78 is 5.20. The second-order valence-corrected chi connectivity index (χ2v) is 8.06. The Labute approximate surface area is 195 Å². The van der Waals surface area contributed by atoms with Crippen LogP contribution in [0.25, 0.3) is 5.57 Å². The molecule has 0 unspecified atom stereocenters. The highest BCUT2D eigenvalue weighted by atomic mass is 16.6. The molecule has 2 aliphatic rings. The minimum absolute atomic E-state index is 0.0852. The van der Waals surface area contributed by atoms with Crippen LogP contribution in [0.2, 0.25) is 0 Å². The van der Waals surface area contributed by atoms with Crippen molar-refractivity contribution >= 4 is 34.4 Å². The number of amides is 2. The quantitative estimate of drug-likeness (QED) is 0.323. The summed E-state index contributed by atoms with van der Waals surface area (Å²) in [7, 11) is 1.54. The fourth-order valence-corrected chi connectivity index (χ4v) is 4.51. The molecule has 2 heterocycles. The highest BCUT2D eigenvalue weighted by molar-refractivity contribution is 6.46. The van der Waals surface area contributed by atoms with Gasteiger partial charge in [0.1, 0.15) is 11.4 Å². The number of methoxy groups -OCH3 is 1. The summed E-state index contributed by atoms with van der Waals surface area (Å²) in [5.41, 5.74) is 3.30. The first kappa shape index (κ1) is 21.4. The van der Waals surface area contributed by atoms with Crippen LogP contribution in [0.15, 0.2) is 78.5 Å². The molecule has 5 rings (SSSR count). The summed E-state index contributed by atoms with van der Waals surface area (Å²) in [5.74, 6) is -0.293. The van der Waals surface area contributed by atoms with E-state index in [9.17, 15) is 19.7 Å². The first-order valence-corrected chi connectivity index (χ1v) is 10.9. The molecule has 3 aromatic carbocycles. The molecule has 0 saturated carbocycles. The van der Waals surface area contributed by atoms with Gasteiger partial charge in [-0.25, -0.2) is 4.90 Å². The molecule has 8 heteroatoms. The zero-order valence-electron chi connectivity index (χ0n) is 18.4. The number of hydrogen-bond acceptors (Lipinski definition) is 6. The second kappa shape index (κ2) is 8.47. The number of aryl methyl sites for hydroxylation is 1. The minimum Gasteiger partial charge on any atom is -0.497 e. The predicted octanol–water partition coefficient (Wildman–Crippen LogP) is 4.34. The maximum atomic E-state index is 13.8. The minimum atomic E-state index is -0.495. The summed E-state index contributed by atoms with van der Waals surface area (Å²) in [6.07, 6.45) is 1.72. The second-order valence-electron chi connectivity index (χ2n) is 8.06. The predicted molar refractivity (Wildman–Crippen MR) is 128 cm³/mol. The van der Waals surface area contributed by atoms with E-state index in [-0.39, 0.29) is 17.0 Å². The Bertz CT molecular complexity index is 1330. The molecule has 0 atom stereocenters. The summed E-state index contributed by atoms with van der Waals surface area (Å²) in [5, 5.41) is 11.1. The van der Waals surface area contributed by atoms with Crippen LogP contribution in [0.5, 0.6) is 5.75 Å². The van der Waals surface area contributed by atoms with Crippen molar-refractivity contribution in [1.82, 2.24) is 0 Å². The summed E-state index contributed by atoms with van der Waals surface area (Å²) in [6.45, 7) is 0.582. The van der Waals surface area contributed by atoms with Crippen molar-refractivity contribution in [3.05, 3.63) is 99.7 Å². The van der Waals surface area contributed by atoms with Crippen LogP contribution >= 0.6 is 0 Å². The number of rotatable bonds is 5. The molecule has 0 N–H and O–H groups in total. The molecule has 0 aliphatic carbocycles. The molecule has 0 radical (unpaired) electrons. The third-order valence-corrected chi connectivity index (χ3v) is 6.14. The molecule has 0 aromatic heterocycles. The molecular weight excluding hydrogens is 434 g/mol. The monoisotopic (exact) mass is 455 g/mol. The number of imide groups is 1. The van der Waals surface area contributed by atoms with Crippen molar-refractivity contribution in [3.8, 4) is 5.75 Å². The van der Waals surface area contributed by atoms with Crippen LogP contribution in [-0.4, -0.2) is 30.4 Å². The maximum absolute atomic E-state index is 13.8. The third kappa shape index (κ3) is 3.49. The Kier molecular flexibility index (Phi) is 5.33. The number of fused-ring (bicyclic) bond motifs is 1. The van der Waals surface area contributed by atoms with Crippen molar-refractivity contribution in [2.45, 2.75) is 12.8 Å². The van der Waals surface area contributed by atoms with Gasteiger partial charge >= 0.3 is 0 Å². The van der Waals surface area contributed by atoms with Crippen molar-refractivity contribution in [2.24, 2.45) is 0 Å².